The Labute approximate surface area is 102 Å². The molecule has 0 N–H and O–H groups in total. The van der Waals surface area contributed by atoms with E-state index in [0.717, 1.165) is 39.7 Å². The third kappa shape index (κ3) is 1.59. The fourth-order valence-electron chi connectivity index (χ4n) is 2.16. The lowest BCUT2D eigenvalue weighted by atomic mass is 10.2. The Kier molecular flexibility index (Phi) is 2.36. The molecule has 2 nitrogen and oxygen atoms in total. The minimum Gasteiger partial charge on any atom is -0.346 e. The monoisotopic (exact) mass is 277 g/mol. The molecule has 16 heavy (non-hydrogen) atoms. The number of aldehydes is 1. The van der Waals surface area contributed by atoms with Crippen LogP contribution >= 0.6 is 15.9 Å². The molecule has 1 aliphatic rings. The number of benzene rings is 1. The molecule has 0 saturated heterocycles. The Morgan fingerprint density at radius 3 is 2.94 bits per heavy atom. The molecule has 1 heterocycles. The highest BCUT2D eigenvalue weighted by molar-refractivity contribution is 9.10. The van der Waals surface area contributed by atoms with Gasteiger partial charge in [-0.1, -0.05) is 22.0 Å². The largest absolute Gasteiger partial charge is 0.346 e. The van der Waals surface area contributed by atoms with E-state index in [1.807, 2.05) is 18.3 Å². The standard InChI is InChI=1S/C13H12BrNO/c14-11-2-1-3-12-13(11)10(8-16)7-15(12)6-9-4-5-9/h1-3,7-9H,4-6H2. The molecular formula is C13H12BrNO. The third-order valence-electron chi connectivity index (χ3n) is 3.16. The van der Waals surface area contributed by atoms with E-state index in [1.165, 1.54) is 12.8 Å². The van der Waals surface area contributed by atoms with Crippen molar-refractivity contribution in [3.8, 4) is 0 Å². The zero-order valence-corrected chi connectivity index (χ0v) is 10.4. The number of fused-ring (bicyclic) bond motifs is 1. The third-order valence-corrected chi connectivity index (χ3v) is 3.82. The molecule has 0 spiro atoms. The number of aromatic nitrogens is 1. The van der Waals surface area contributed by atoms with Gasteiger partial charge in [-0.2, -0.15) is 0 Å². The SMILES string of the molecule is O=Cc1cn(CC2CC2)c2cccc(Br)c12. The Morgan fingerprint density at radius 1 is 1.44 bits per heavy atom. The van der Waals surface area contributed by atoms with E-state index in [4.69, 9.17) is 0 Å². The van der Waals surface area contributed by atoms with Gasteiger partial charge >= 0.3 is 0 Å². The fraction of sp³-hybridized carbons (Fsp3) is 0.308. The van der Waals surface area contributed by atoms with Gasteiger partial charge in [0, 0.05) is 33.7 Å². The average molecular weight is 278 g/mol. The van der Waals surface area contributed by atoms with Crippen LogP contribution in [0.5, 0.6) is 0 Å². The van der Waals surface area contributed by atoms with E-state index >= 15 is 0 Å². The molecule has 0 radical (unpaired) electrons. The van der Waals surface area contributed by atoms with E-state index in [-0.39, 0.29) is 0 Å². The van der Waals surface area contributed by atoms with Crippen LogP contribution in [0.1, 0.15) is 23.2 Å². The molecule has 0 aliphatic heterocycles. The van der Waals surface area contributed by atoms with Crippen molar-refractivity contribution in [1.82, 2.24) is 4.57 Å². The van der Waals surface area contributed by atoms with Crippen molar-refractivity contribution >= 4 is 33.1 Å². The van der Waals surface area contributed by atoms with Crippen LogP contribution in [0.4, 0.5) is 0 Å². The summed E-state index contributed by atoms with van der Waals surface area (Å²) >= 11 is 3.51. The first-order valence-corrected chi connectivity index (χ1v) is 6.31. The Bertz CT molecular complexity index is 554. The molecule has 0 atom stereocenters. The zero-order valence-electron chi connectivity index (χ0n) is 8.82. The second kappa shape index (κ2) is 3.74. The zero-order chi connectivity index (χ0) is 11.1. The summed E-state index contributed by atoms with van der Waals surface area (Å²) in [5, 5.41) is 1.04. The molecule has 0 unspecified atom stereocenters. The van der Waals surface area contributed by atoms with Crippen LogP contribution in [0.3, 0.4) is 0 Å². The smallest absolute Gasteiger partial charge is 0.152 e. The number of hydrogen-bond acceptors (Lipinski definition) is 1. The molecule has 1 aromatic heterocycles. The minimum atomic E-state index is 0.781. The lowest BCUT2D eigenvalue weighted by Gasteiger charge is -2.03. The Balaban J connectivity index is 2.20. The van der Waals surface area contributed by atoms with Crippen molar-refractivity contribution in [2.45, 2.75) is 19.4 Å². The molecule has 0 amide bonds. The summed E-state index contributed by atoms with van der Waals surface area (Å²) in [6, 6.07) is 6.08. The highest BCUT2D eigenvalue weighted by atomic mass is 79.9. The highest BCUT2D eigenvalue weighted by Crippen LogP contribution is 2.34. The number of rotatable bonds is 3. The fourth-order valence-corrected chi connectivity index (χ4v) is 2.74. The van der Waals surface area contributed by atoms with Gasteiger partial charge in [-0.05, 0) is 30.9 Å². The second-order valence-corrected chi connectivity index (χ2v) is 5.29. The molecular weight excluding hydrogens is 266 g/mol. The molecule has 82 valence electrons. The number of nitrogens with zero attached hydrogens (tertiary/aromatic N) is 1. The van der Waals surface area contributed by atoms with Gasteiger partial charge in [0.05, 0.1) is 0 Å². The highest BCUT2D eigenvalue weighted by Gasteiger charge is 2.23. The van der Waals surface area contributed by atoms with Gasteiger partial charge in [-0.25, -0.2) is 0 Å². The summed E-state index contributed by atoms with van der Waals surface area (Å²) in [5.41, 5.74) is 1.94. The van der Waals surface area contributed by atoms with Gasteiger partial charge in [0.25, 0.3) is 0 Å². The molecule has 3 rings (SSSR count). The topological polar surface area (TPSA) is 22.0 Å². The molecule has 1 aliphatic carbocycles. The van der Waals surface area contributed by atoms with Crippen molar-refractivity contribution in [2.24, 2.45) is 5.92 Å². The van der Waals surface area contributed by atoms with Crippen molar-refractivity contribution in [1.29, 1.82) is 0 Å². The first-order valence-electron chi connectivity index (χ1n) is 5.52. The summed E-state index contributed by atoms with van der Waals surface area (Å²) in [5.74, 6) is 0.814. The Morgan fingerprint density at radius 2 is 2.25 bits per heavy atom. The van der Waals surface area contributed by atoms with Gasteiger partial charge in [-0.15, -0.1) is 0 Å². The van der Waals surface area contributed by atoms with E-state index < -0.39 is 0 Å². The summed E-state index contributed by atoms with van der Waals surface area (Å²) in [7, 11) is 0. The number of hydrogen-bond donors (Lipinski definition) is 0. The minimum absolute atomic E-state index is 0.781. The van der Waals surface area contributed by atoms with Crippen LogP contribution in [0.25, 0.3) is 10.9 Å². The van der Waals surface area contributed by atoms with Crippen molar-refractivity contribution in [3.05, 3.63) is 34.4 Å². The van der Waals surface area contributed by atoms with Gasteiger partial charge in [0.2, 0.25) is 0 Å². The van der Waals surface area contributed by atoms with Crippen LogP contribution in [-0.4, -0.2) is 10.9 Å². The summed E-state index contributed by atoms with van der Waals surface area (Å²) < 4.78 is 3.21. The van der Waals surface area contributed by atoms with Crippen molar-refractivity contribution < 1.29 is 4.79 Å². The quantitative estimate of drug-likeness (QED) is 0.786. The van der Waals surface area contributed by atoms with Crippen LogP contribution < -0.4 is 0 Å². The van der Waals surface area contributed by atoms with Crippen LogP contribution in [0.15, 0.2) is 28.9 Å². The molecule has 3 heteroatoms. The summed E-state index contributed by atoms with van der Waals surface area (Å²) in [6.07, 6.45) is 5.56. The van der Waals surface area contributed by atoms with E-state index in [0.29, 0.717) is 0 Å². The predicted molar refractivity (Wildman–Crippen MR) is 67.7 cm³/mol. The molecule has 1 aromatic carbocycles. The lowest BCUT2D eigenvalue weighted by molar-refractivity contribution is 0.112. The first kappa shape index (κ1) is 10.1. The number of halogens is 1. The van der Waals surface area contributed by atoms with Crippen molar-refractivity contribution in [3.63, 3.8) is 0 Å². The predicted octanol–water partition coefficient (Wildman–Crippen LogP) is 3.63. The lowest BCUT2D eigenvalue weighted by Crippen LogP contribution is -1.97. The Hall–Kier alpha value is -1.09. The number of carbonyl (C=O) groups excluding carboxylic acids is 1. The number of carbonyl (C=O) groups is 1. The van der Waals surface area contributed by atoms with Gasteiger partial charge < -0.3 is 4.57 Å². The molecule has 1 saturated carbocycles. The van der Waals surface area contributed by atoms with Gasteiger partial charge in [-0.3, -0.25) is 4.79 Å². The van der Waals surface area contributed by atoms with E-state index in [9.17, 15) is 4.79 Å². The maximum atomic E-state index is 11.1. The first-order chi connectivity index (χ1) is 7.79. The second-order valence-electron chi connectivity index (χ2n) is 4.43. The average Bonchev–Trinajstić information content (AvgIpc) is 3.01. The normalized spacial score (nSPS) is 15.6. The van der Waals surface area contributed by atoms with E-state index in [1.54, 1.807) is 0 Å². The van der Waals surface area contributed by atoms with Crippen LogP contribution in [0, 0.1) is 5.92 Å². The van der Waals surface area contributed by atoms with Crippen LogP contribution in [-0.2, 0) is 6.54 Å². The van der Waals surface area contributed by atoms with Gasteiger partial charge in [0.1, 0.15) is 0 Å². The summed E-state index contributed by atoms with van der Waals surface area (Å²) in [6.45, 7) is 1.04. The van der Waals surface area contributed by atoms with Crippen LogP contribution in [0.2, 0.25) is 0 Å². The maximum Gasteiger partial charge on any atom is 0.152 e. The van der Waals surface area contributed by atoms with Gasteiger partial charge in [0.15, 0.2) is 6.29 Å². The maximum absolute atomic E-state index is 11.1. The van der Waals surface area contributed by atoms with E-state index in [2.05, 4.69) is 26.6 Å². The van der Waals surface area contributed by atoms with Crippen molar-refractivity contribution in [2.75, 3.05) is 0 Å². The molecule has 2 aromatic rings. The molecule has 0 bridgehead atoms. The molecule has 1 fully saturated rings. The summed E-state index contributed by atoms with van der Waals surface area (Å²) in [4.78, 5) is 11.1.